The molecule has 18 heavy (non-hydrogen) atoms. The minimum Gasteiger partial charge on any atom is -0.486 e. The Kier molecular flexibility index (Phi) is 4.53. The number of rotatable bonds is 5. The van der Waals surface area contributed by atoms with Crippen molar-refractivity contribution in [2.24, 2.45) is 0 Å². The fraction of sp³-hybridized carbons (Fsp3) is 0.286. The van der Waals surface area contributed by atoms with Crippen LogP contribution in [-0.2, 0) is 13.0 Å². The maximum atomic E-state index is 5.96. The summed E-state index contributed by atoms with van der Waals surface area (Å²) in [7, 11) is 0. The molecule has 3 nitrogen and oxygen atoms in total. The summed E-state index contributed by atoms with van der Waals surface area (Å²) in [4.78, 5) is 8.58. The van der Waals surface area contributed by atoms with E-state index in [9.17, 15) is 0 Å². The first-order valence-electron chi connectivity index (χ1n) is 5.98. The minimum absolute atomic E-state index is 0.335. The molecule has 0 aliphatic carbocycles. The first-order chi connectivity index (χ1) is 8.78. The van der Waals surface area contributed by atoms with Gasteiger partial charge in [-0.1, -0.05) is 43.1 Å². The molecule has 0 atom stereocenters. The summed E-state index contributed by atoms with van der Waals surface area (Å²) in [5.41, 5.74) is 0.962. The molecule has 0 fully saturated rings. The van der Waals surface area contributed by atoms with E-state index in [1.165, 1.54) is 0 Å². The smallest absolute Gasteiger partial charge is 0.167 e. The van der Waals surface area contributed by atoms with E-state index in [1.807, 2.05) is 30.3 Å². The highest BCUT2D eigenvalue weighted by Gasteiger charge is 2.04. The van der Waals surface area contributed by atoms with Gasteiger partial charge in [-0.3, -0.25) is 0 Å². The van der Waals surface area contributed by atoms with E-state index in [0.717, 1.165) is 24.3 Å². The molecular formula is C14H15ClN2O. The van der Waals surface area contributed by atoms with Gasteiger partial charge in [-0.25, -0.2) is 9.97 Å². The highest BCUT2D eigenvalue weighted by Crippen LogP contribution is 2.13. The van der Waals surface area contributed by atoms with E-state index in [-0.39, 0.29) is 0 Å². The predicted molar refractivity (Wildman–Crippen MR) is 71.8 cm³/mol. The molecule has 94 valence electrons. The van der Waals surface area contributed by atoms with Gasteiger partial charge in [0.25, 0.3) is 0 Å². The Bertz CT molecular complexity index is 502. The maximum absolute atomic E-state index is 5.96. The molecule has 0 unspecified atom stereocenters. The van der Waals surface area contributed by atoms with Crippen molar-refractivity contribution in [3.05, 3.63) is 53.1 Å². The Morgan fingerprint density at radius 1 is 1.17 bits per heavy atom. The van der Waals surface area contributed by atoms with E-state index in [2.05, 4.69) is 16.9 Å². The third kappa shape index (κ3) is 3.70. The van der Waals surface area contributed by atoms with Crippen molar-refractivity contribution in [1.82, 2.24) is 9.97 Å². The molecule has 0 spiro atoms. The average Bonchev–Trinajstić information content (AvgIpc) is 2.37. The summed E-state index contributed by atoms with van der Waals surface area (Å²) in [6, 6.07) is 11.4. The van der Waals surface area contributed by atoms with Crippen LogP contribution in [0.15, 0.2) is 36.4 Å². The SMILES string of the molecule is CCCc1cc(Cl)nc(COc2ccccc2)n1. The number of para-hydroxylation sites is 1. The predicted octanol–water partition coefficient (Wildman–Crippen LogP) is 3.66. The van der Waals surface area contributed by atoms with Gasteiger partial charge in [-0.15, -0.1) is 0 Å². The van der Waals surface area contributed by atoms with Crippen LogP contribution in [0.2, 0.25) is 5.15 Å². The van der Waals surface area contributed by atoms with Gasteiger partial charge in [-0.05, 0) is 24.6 Å². The van der Waals surface area contributed by atoms with Gasteiger partial charge >= 0.3 is 0 Å². The zero-order valence-electron chi connectivity index (χ0n) is 10.3. The fourth-order valence-electron chi connectivity index (χ4n) is 1.63. The number of benzene rings is 1. The van der Waals surface area contributed by atoms with Crippen LogP contribution in [0.4, 0.5) is 0 Å². The Hall–Kier alpha value is -1.61. The van der Waals surface area contributed by atoms with E-state index >= 15 is 0 Å². The van der Waals surface area contributed by atoms with Crippen molar-refractivity contribution in [3.63, 3.8) is 0 Å². The van der Waals surface area contributed by atoms with Gasteiger partial charge in [0, 0.05) is 5.69 Å². The number of aromatic nitrogens is 2. The number of hydrogen-bond donors (Lipinski definition) is 0. The Labute approximate surface area is 112 Å². The Balaban J connectivity index is 2.05. The molecule has 1 heterocycles. The summed E-state index contributed by atoms with van der Waals surface area (Å²) in [5, 5.41) is 0.472. The van der Waals surface area contributed by atoms with Crippen molar-refractivity contribution in [3.8, 4) is 5.75 Å². The van der Waals surface area contributed by atoms with E-state index in [0.29, 0.717) is 17.6 Å². The molecule has 4 heteroatoms. The van der Waals surface area contributed by atoms with Gasteiger partial charge in [0.05, 0.1) is 0 Å². The van der Waals surface area contributed by atoms with Crippen molar-refractivity contribution in [1.29, 1.82) is 0 Å². The van der Waals surface area contributed by atoms with Gasteiger partial charge < -0.3 is 4.74 Å². The molecular weight excluding hydrogens is 248 g/mol. The molecule has 1 aromatic carbocycles. The molecule has 0 saturated heterocycles. The maximum Gasteiger partial charge on any atom is 0.167 e. The number of halogens is 1. The highest BCUT2D eigenvalue weighted by atomic mass is 35.5. The van der Waals surface area contributed by atoms with Crippen LogP contribution in [0, 0.1) is 0 Å². The standard InChI is InChI=1S/C14H15ClN2O/c1-2-6-11-9-13(15)17-14(16-11)10-18-12-7-4-3-5-8-12/h3-5,7-9H,2,6,10H2,1H3. The normalized spacial score (nSPS) is 10.3. The van der Waals surface area contributed by atoms with Crippen molar-refractivity contribution in [2.45, 2.75) is 26.4 Å². The molecule has 0 saturated carbocycles. The molecule has 0 radical (unpaired) electrons. The lowest BCUT2D eigenvalue weighted by Crippen LogP contribution is -2.04. The van der Waals surface area contributed by atoms with Crippen LogP contribution >= 0.6 is 11.6 Å². The van der Waals surface area contributed by atoms with Crippen LogP contribution in [0.5, 0.6) is 5.75 Å². The average molecular weight is 263 g/mol. The second-order valence-corrected chi connectivity index (χ2v) is 4.34. The van der Waals surface area contributed by atoms with Gasteiger partial charge in [-0.2, -0.15) is 0 Å². The van der Waals surface area contributed by atoms with Crippen molar-refractivity contribution >= 4 is 11.6 Å². The topological polar surface area (TPSA) is 35.0 Å². The van der Waals surface area contributed by atoms with E-state index < -0.39 is 0 Å². The molecule has 0 amide bonds. The van der Waals surface area contributed by atoms with Crippen LogP contribution in [0.1, 0.15) is 24.9 Å². The summed E-state index contributed by atoms with van der Waals surface area (Å²) >= 11 is 5.96. The highest BCUT2D eigenvalue weighted by molar-refractivity contribution is 6.29. The van der Waals surface area contributed by atoms with Crippen LogP contribution < -0.4 is 4.74 Å². The van der Waals surface area contributed by atoms with Crippen LogP contribution in [-0.4, -0.2) is 9.97 Å². The number of aryl methyl sites for hydroxylation is 1. The second-order valence-electron chi connectivity index (χ2n) is 3.95. The summed E-state index contributed by atoms with van der Waals surface area (Å²) in [5.74, 6) is 1.42. The lowest BCUT2D eigenvalue weighted by atomic mass is 10.2. The molecule has 0 N–H and O–H groups in total. The van der Waals surface area contributed by atoms with Gasteiger partial charge in [0.1, 0.15) is 17.5 Å². The zero-order valence-corrected chi connectivity index (χ0v) is 11.0. The molecule has 0 aliphatic heterocycles. The molecule has 1 aromatic heterocycles. The second kappa shape index (κ2) is 6.36. The van der Waals surface area contributed by atoms with Gasteiger partial charge in [0.2, 0.25) is 0 Å². The Morgan fingerprint density at radius 2 is 1.94 bits per heavy atom. The molecule has 0 aliphatic rings. The van der Waals surface area contributed by atoms with E-state index in [1.54, 1.807) is 6.07 Å². The third-order valence-electron chi connectivity index (χ3n) is 2.41. The van der Waals surface area contributed by atoms with E-state index in [4.69, 9.17) is 16.3 Å². The third-order valence-corrected chi connectivity index (χ3v) is 2.61. The molecule has 0 bridgehead atoms. The first-order valence-corrected chi connectivity index (χ1v) is 6.36. The fourth-order valence-corrected chi connectivity index (χ4v) is 1.85. The Morgan fingerprint density at radius 3 is 2.67 bits per heavy atom. The van der Waals surface area contributed by atoms with Crippen molar-refractivity contribution < 1.29 is 4.74 Å². The largest absolute Gasteiger partial charge is 0.486 e. The monoisotopic (exact) mass is 262 g/mol. The molecule has 2 aromatic rings. The van der Waals surface area contributed by atoms with Crippen LogP contribution in [0.25, 0.3) is 0 Å². The number of nitrogens with zero attached hydrogens (tertiary/aromatic N) is 2. The first kappa shape index (κ1) is 12.8. The van der Waals surface area contributed by atoms with Crippen LogP contribution in [0.3, 0.4) is 0 Å². The lowest BCUT2D eigenvalue weighted by Gasteiger charge is -2.06. The summed E-state index contributed by atoms with van der Waals surface area (Å²) < 4.78 is 5.60. The molecule has 2 rings (SSSR count). The minimum atomic E-state index is 0.335. The lowest BCUT2D eigenvalue weighted by molar-refractivity contribution is 0.295. The summed E-state index contributed by atoms with van der Waals surface area (Å²) in [6.07, 6.45) is 1.94. The quantitative estimate of drug-likeness (QED) is 0.772. The van der Waals surface area contributed by atoms with Crippen molar-refractivity contribution in [2.75, 3.05) is 0 Å². The van der Waals surface area contributed by atoms with Gasteiger partial charge in [0.15, 0.2) is 5.82 Å². The zero-order chi connectivity index (χ0) is 12.8. The number of ether oxygens (including phenoxy) is 1. The summed E-state index contributed by atoms with van der Waals surface area (Å²) in [6.45, 7) is 2.44. The number of hydrogen-bond acceptors (Lipinski definition) is 3.